The van der Waals surface area contributed by atoms with Gasteiger partial charge in [-0.25, -0.2) is 0 Å². The fourth-order valence-electron chi connectivity index (χ4n) is 2.84. The van der Waals surface area contributed by atoms with Gasteiger partial charge in [0, 0.05) is 0 Å². The number of hydrogen-bond donors (Lipinski definition) is 1. The summed E-state index contributed by atoms with van der Waals surface area (Å²) in [6.07, 6.45) is 0. The van der Waals surface area contributed by atoms with Crippen molar-refractivity contribution in [1.82, 2.24) is 0 Å². The summed E-state index contributed by atoms with van der Waals surface area (Å²) in [5.74, 6) is 0.716. The van der Waals surface area contributed by atoms with E-state index in [-0.39, 0.29) is 24.6 Å². The van der Waals surface area contributed by atoms with E-state index in [1.54, 1.807) is 12.1 Å². The molecule has 3 aromatic carbocycles. The van der Waals surface area contributed by atoms with Gasteiger partial charge in [0.05, 0.1) is 0 Å². The van der Waals surface area contributed by atoms with Crippen molar-refractivity contribution in [3.63, 3.8) is 0 Å². The van der Waals surface area contributed by atoms with Gasteiger partial charge in [-0.3, -0.25) is 0 Å². The molecule has 0 heterocycles. The molecular weight excluding hydrogens is 575 g/mol. The van der Waals surface area contributed by atoms with E-state index in [0.717, 1.165) is 10.2 Å². The Morgan fingerprint density at radius 2 is 1.82 bits per heavy atom. The molecule has 0 spiro atoms. The number of hydrogen-bond acceptors (Lipinski definition) is 5. The predicted octanol–water partition coefficient (Wildman–Crippen LogP) is 5.35. The van der Waals surface area contributed by atoms with Crippen molar-refractivity contribution in [1.29, 1.82) is 0 Å². The molecular formula is C23H22BrClCoN2O4S-2. The average Bonchev–Trinajstić information content (AvgIpc) is 2.78. The van der Waals surface area contributed by atoms with Crippen molar-refractivity contribution in [2.24, 2.45) is 0 Å². The van der Waals surface area contributed by atoms with Gasteiger partial charge in [0.2, 0.25) is 0 Å². The summed E-state index contributed by atoms with van der Waals surface area (Å²) < 4.78 is 40.2. The third-order valence-corrected chi connectivity index (χ3v) is 7.35. The zero-order valence-corrected chi connectivity index (χ0v) is 22.3. The van der Waals surface area contributed by atoms with Crippen LogP contribution in [0.3, 0.4) is 0 Å². The van der Waals surface area contributed by atoms with Gasteiger partial charge in [0.1, 0.15) is 0 Å². The van der Waals surface area contributed by atoms with Crippen LogP contribution in [-0.4, -0.2) is 33.8 Å². The maximum atomic E-state index is 13.6. The molecule has 10 heteroatoms. The minimum atomic E-state index is -4.04. The van der Waals surface area contributed by atoms with Crippen LogP contribution in [0, 0.1) is 13.5 Å². The Balaban J connectivity index is 0.00000385. The van der Waals surface area contributed by atoms with Crippen molar-refractivity contribution in [3.05, 3.63) is 83.7 Å². The molecule has 0 atom stereocenters. The Labute approximate surface area is 216 Å². The number of para-hydroxylation sites is 1. The number of anilines is 2. The molecule has 0 fully saturated rings. The first kappa shape index (κ1) is 27.2. The van der Waals surface area contributed by atoms with E-state index in [1.165, 1.54) is 42.8 Å². The first-order valence-corrected chi connectivity index (χ1v) is 12.3. The van der Waals surface area contributed by atoms with E-state index in [0.29, 0.717) is 21.1 Å². The van der Waals surface area contributed by atoms with Gasteiger partial charge in [-0.05, 0) is 0 Å². The van der Waals surface area contributed by atoms with Crippen molar-refractivity contribution < 1.29 is 33.2 Å². The molecule has 1 N–H and O–H groups in total. The third kappa shape index (κ3) is 6.51. The SMILES string of the molecule is COc1ccc(S(=O)(=O)N(C[C](=[Co])Nc2ccccc2Br)c2[c-]ccc(Cl)c2)cc1OC.[CH3-]. The van der Waals surface area contributed by atoms with Crippen LogP contribution in [0.4, 0.5) is 11.4 Å². The topological polar surface area (TPSA) is 67.9 Å². The number of sulfonamides is 1. The van der Waals surface area contributed by atoms with Crippen molar-refractivity contribution in [3.8, 4) is 11.5 Å². The van der Waals surface area contributed by atoms with E-state index >= 15 is 0 Å². The van der Waals surface area contributed by atoms with Gasteiger partial charge in [0.15, 0.2) is 0 Å². The second-order valence-electron chi connectivity index (χ2n) is 6.40. The minimum absolute atomic E-state index is 0. The number of benzene rings is 3. The second kappa shape index (κ2) is 11.9. The number of ether oxygens (including phenoxy) is 2. The number of rotatable bonds is 9. The van der Waals surface area contributed by atoms with Crippen molar-refractivity contribution in [2.75, 3.05) is 30.4 Å². The molecule has 0 bridgehead atoms. The van der Waals surface area contributed by atoms with Gasteiger partial charge >= 0.3 is 210 Å². The predicted molar refractivity (Wildman–Crippen MR) is 134 cm³/mol. The molecule has 0 aromatic heterocycles. The fourth-order valence-corrected chi connectivity index (χ4v) is 5.20. The number of nitrogens with one attached hydrogen (secondary N) is 1. The molecule has 0 aliphatic rings. The van der Waals surface area contributed by atoms with E-state index in [4.69, 9.17) is 21.1 Å². The first-order valence-electron chi connectivity index (χ1n) is 9.19. The standard InChI is InChI=1S/C22H19BrClN2O4S.CH3.Co/c1-29-21-11-10-18(15-22(21)30-2)31(27,28)26(17-7-5-6-16(24)14-17)13-12-25-20-9-4-3-8-19(20)23;;/h3-6,8-11,14-15,25H,13H2,1-2H3;1H3;/q2*-1;. The summed E-state index contributed by atoms with van der Waals surface area (Å²) in [6, 6.07) is 19.5. The van der Waals surface area contributed by atoms with Gasteiger partial charge in [-0.1, -0.05) is 0 Å². The number of nitrogens with zero attached hydrogens (tertiary/aromatic N) is 1. The summed E-state index contributed by atoms with van der Waals surface area (Å²) in [4.78, 5) is 0.0183. The van der Waals surface area contributed by atoms with Gasteiger partial charge in [-0.15, -0.1) is 0 Å². The fraction of sp³-hybridized carbons (Fsp3) is 0.130. The van der Waals surface area contributed by atoms with E-state index in [9.17, 15) is 8.42 Å². The quantitative estimate of drug-likeness (QED) is 0.337. The van der Waals surface area contributed by atoms with Gasteiger partial charge in [0.25, 0.3) is 0 Å². The molecule has 0 saturated carbocycles. The van der Waals surface area contributed by atoms with Crippen LogP contribution < -0.4 is 19.1 Å². The molecule has 0 aliphatic carbocycles. The largest absolute Gasteiger partial charge is 0.358 e. The Morgan fingerprint density at radius 1 is 1.12 bits per heavy atom. The maximum Gasteiger partial charge on any atom is -0.358 e. The van der Waals surface area contributed by atoms with Crippen LogP contribution in [-0.2, 0) is 25.3 Å². The van der Waals surface area contributed by atoms with Crippen LogP contribution in [0.15, 0.2) is 70.0 Å². The summed E-state index contributed by atoms with van der Waals surface area (Å²) in [7, 11) is -1.12. The van der Waals surface area contributed by atoms with Crippen LogP contribution >= 0.6 is 27.5 Å². The Bertz CT molecular complexity index is 1240. The smallest absolute Gasteiger partial charge is 0.358 e. The van der Waals surface area contributed by atoms with E-state index in [1.807, 2.05) is 24.3 Å². The minimum Gasteiger partial charge on any atom is -0.358 e. The zero-order valence-electron chi connectivity index (χ0n) is 18.1. The molecule has 0 radical (unpaired) electrons. The first-order chi connectivity index (χ1) is 15.3. The van der Waals surface area contributed by atoms with Crippen molar-refractivity contribution >= 4 is 53.5 Å². The molecule has 0 saturated heterocycles. The normalized spacial score (nSPS) is 10.7. The van der Waals surface area contributed by atoms with Crippen LogP contribution in [0.25, 0.3) is 0 Å². The molecule has 179 valence electrons. The molecule has 0 amide bonds. The number of halogens is 2. The van der Waals surface area contributed by atoms with Gasteiger partial charge < -0.3 is 7.43 Å². The third-order valence-electron chi connectivity index (χ3n) is 4.37. The van der Waals surface area contributed by atoms with Gasteiger partial charge in [-0.2, -0.15) is 0 Å². The van der Waals surface area contributed by atoms with Crippen LogP contribution in [0.1, 0.15) is 0 Å². The van der Waals surface area contributed by atoms with Crippen molar-refractivity contribution in [2.45, 2.75) is 4.90 Å². The zero-order chi connectivity index (χ0) is 23.3. The Hall–Kier alpha value is -2.04. The average molecular weight is 597 g/mol. The summed E-state index contributed by atoms with van der Waals surface area (Å²) >= 11 is 14.2. The van der Waals surface area contributed by atoms with Crippen LogP contribution in [0.5, 0.6) is 11.5 Å². The summed E-state index contributed by atoms with van der Waals surface area (Å²) in [6.45, 7) is -0.0884. The van der Waals surface area contributed by atoms with E-state index < -0.39 is 10.0 Å². The molecule has 0 unspecified atom stereocenters. The Kier molecular flexibility index (Phi) is 9.80. The van der Waals surface area contributed by atoms with Crippen LogP contribution in [0.2, 0.25) is 5.02 Å². The second-order valence-corrected chi connectivity index (χ2v) is 10.2. The molecule has 3 rings (SSSR count). The Morgan fingerprint density at radius 3 is 2.45 bits per heavy atom. The maximum absolute atomic E-state index is 13.6. The summed E-state index contributed by atoms with van der Waals surface area (Å²) in [5.41, 5.74) is 1.01. The molecule has 6 nitrogen and oxygen atoms in total. The summed E-state index contributed by atoms with van der Waals surface area (Å²) in [5, 5.41) is 3.50. The molecule has 0 aliphatic heterocycles. The molecule has 33 heavy (non-hydrogen) atoms. The molecule has 3 aromatic rings. The number of methoxy groups -OCH3 is 2. The monoisotopic (exact) mass is 595 g/mol. The van der Waals surface area contributed by atoms with E-state index in [2.05, 4.69) is 42.6 Å².